The highest BCUT2D eigenvalue weighted by molar-refractivity contribution is 5.94. The van der Waals surface area contributed by atoms with Gasteiger partial charge in [0.15, 0.2) is 0 Å². The molecule has 1 aliphatic carbocycles. The van der Waals surface area contributed by atoms with Crippen LogP contribution in [0.15, 0.2) is 35.4 Å². The molecule has 0 radical (unpaired) electrons. The van der Waals surface area contributed by atoms with Gasteiger partial charge in [0.2, 0.25) is 0 Å². The maximum Gasteiger partial charge on any atom is 0.271 e. The van der Waals surface area contributed by atoms with Gasteiger partial charge < -0.3 is 0 Å². The quantitative estimate of drug-likeness (QED) is 0.612. The monoisotopic (exact) mass is 216 g/mol. The first-order chi connectivity index (χ1) is 7.86. The van der Waals surface area contributed by atoms with Crippen LogP contribution >= 0.6 is 0 Å². The molecule has 3 nitrogen and oxygen atoms in total. The van der Waals surface area contributed by atoms with Crippen molar-refractivity contribution in [1.82, 2.24) is 5.43 Å². The Morgan fingerprint density at radius 2 is 1.94 bits per heavy atom. The second-order valence-corrected chi connectivity index (χ2v) is 4.13. The third-order valence-corrected chi connectivity index (χ3v) is 2.89. The van der Waals surface area contributed by atoms with Crippen LogP contribution < -0.4 is 5.43 Å². The number of nitrogens with one attached hydrogen (secondary N) is 1. The topological polar surface area (TPSA) is 41.5 Å². The van der Waals surface area contributed by atoms with Crippen LogP contribution in [0, 0.1) is 5.92 Å². The van der Waals surface area contributed by atoms with Crippen molar-refractivity contribution in [3.63, 3.8) is 0 Å². The van der Waals surface area contributed by atoms with E-state index in [1.54, 1.807) is 12.1 Å². The molecule has 16 heavy (non-hydrogen) atoms. The molecule has 1 N–H and O–H groups in total. The van der Waals surface area contributed by atoms with Crippen LogP contribution in [0.5, 0.6) is 0 Å². The molecule has 0 unspecified atom stereocenters. The molecule has 1 amide bonds. The number of hydrazone groups is 1. The van der Waals surface area contributed by atoms with Gasteiger partial charge in [-0.05, 0) is 30.9 Å². The average molecular weight is 216 g/mol. The van der Waals surface area contributed by atoms with E-state index in [1.165, 1.54) is 25.7 Å². The lowest BCUT2D eigenvalue weighted by molar-refractivity contribution is 0.0955. The van der Waals surface area contributed by atoms with Gasteiger partial charge in [0.25, 0.3) is 5.91 Å². The van der Waals surface area contributed by atoms with Crippen LogP contribution in [-0.4, -0.2) is 12.1 Å². The van der Waals surface area contributed by atoms with Crippen LogP contribution in [0.25, 0.3) is 0 Å². The van der Waals surface area contributed by atoms with Crippen molar-refractivity contribution < 1.29 is 4.79 Å². The fraction of sp³-hybridized carbons (Fsp3) is 0.385. The second kappa shape index (κ2) is 5.45. The Bertz CT molecular complexity index is 367. The van der Waals surface area contributed by atoms with Crippen LogP contribution in [0.2, 0.25) is 0 Å². The van der Waals surface area contributed by atoms with Gasteiger partial charge in [-0.1, -0.05) is 31.0 Å². The molecule has 3 heteroatoms. The summed E-state index contributed by atoms with van der Waals surface area (Å²) in [6, 6.07) is 9.13. The Balaban J connectivity index is 1.83. The summed E-state index contributed by atoms with van der Waals surface area (Å²) < 4.78 is 0. The first-order valence-corrected chi connectivity index (χ1v) is 5.75. The molecule has 0 atom stereocenters. The summed E-state index contributed by atoms with van der Waals surface area (Å²) in [5.74, 6) is 0.408. The van der Waals surface area contributed by atoms with Crippen LogP contribution in [0.1, 0.15) is 36.0 Å². The van der Waals surface area contributed by atoms with Crippen molar-refractivity contribution >= 4 is 12.1 Å². The van der Waals surface area contributed by atoms with Crippen molar-refractivity contribution in [3.05, 3.63) is 35.9 Å². The Morgan fingerprint density at radius 3 is 2.62 bits per heavy atom. The van der Waals surface area contributed by atoms with Gasteiger partial charge >= 0.3 is 0 Å². The first-order valence-electron chi connectivity index (χ1n) is 5.75. The number of nitrogens with zero attached hydrogens (tertiary/aromatic N) is 1. The standard InChI is InChI=1S/C13H16N2O/c16-13(12-8-2-1-3-9-12)15-14-10-11-6-4-5-7-11/h1-3,8-11H,4-7H2,(H,15,16)/b14-10+. The van der Waals surface area contributed by atoms with E-state index in [9.17, 15) is 4.79 Å². The molecular weight excluding hydrogens is 200 g/mol. The Labute approximate surface area is 95.6 Å². The second-order valence-electron chi connectivity index (χ2n) is 4.13. The molecule has 84 valence electrons. The van der Waals surface area contributed by atoms with E-state index < -0.39 is 0 Å². The van der Waals surface area contributed by atoms with Crippen molar-refractivity contribution in [1.29, 1.82) is 0 Å². The molecule has 0 aliphatic heterocycles. The third kappa shape index (κ3) is 2.92. The number of hydrogen-bond acceptors (Lipinski definition) is 2. The zero-order valence-electron chi connectivity index (χ0n) is 9.23. The maximum atomic E-state index is 11.6. The number of rotatable bonds is 3. The predicted molar refractivity (Wildman–Crippen MR) is 64.4 cm³/mol. The van der Waals surface area contributed by atoms with E-state index in [0.29, 0.717) is 11.5 Å². The fourth-order valence-electron chi connectivity index (χ4n) is 1.96. The van der Waals surface area contributed by atoms with E-state index in [4.69, 9.17) is 0 Å². The Morgan fingerprint density at radius 1 is 1.25 bits per heavy atom. The lowest BCUT2D eigenvalue weighted by Gasteiger charge is -2.01. The van der Waals surface area contributed by atoms with Crippen molar-refractivity contribution in [2.75, 3.05) is 0 Å². The molecule has 0 spiro atoms. The first kappa shape index (κ1) is 10.9. The predicted octanol–water partition coefficient (Wildman–Crippen LogP) is 2.59. The number of hydrogen-bond donors (Lipinski definition) is 1. The van der Waals surface area contributed by atoms with Gasteiger partial charge in [0.05, 0.1) is 0 Å². The van der Waals surface area contributed by atoms with Gasteiger partial charge in [-0.3, -0.25) is 4.79 Å². The fourth-order valence-corrected chi connectivity index (χ4v) is 1.96. The minimum absolute atomic E-state index is 0.144. The summed E-state index contributed by atoms with van der Waals surface area (Å²) in [6.07, 6.45) is 6.83. The largest absolute Gasteiger partial charge is 0.271 e. The lowest BCUT2D eigenvalue weighted by Crippen LogP contribution is -2.18. The highest BCUT2D eigenvalue weighted by atomic mass is 16.2. The molecule has 0 bridgehead atoms. The van der Waals surface area contributed by atoms with Gasteiger partial charge in [-0.25, -0.2) is 5.43 Å². The summed E-state index contributed by atoms with van der Waals surface area (Å²) in [5, 5.41) is 4.01. The number of benzene rings is 1. The maximum absolute atomic E-state index is 11.6. The molecular formula is C13H16N2O. The third-order valence-electron chi connectivity index (χ3n) is 2.89. The molecule has 2 rings (SSSR count). The average Bonchev–Trinajstić information content (AvgIpc) is 2.83. The molecule has 1 aliphatic rings. The van der Waals surface area contributed by atoms with Crippen molar-refractivity contribution in [3.8, 4) is 0 Å². The molecule has 1 aromatic carbocycles. The highest BCUT2D eigenvalue weighted by Crippen LogP contribution is 2.22. The number of carbonyl (C=O) groups excluding carboxylic acids is 1. The summed E-state index contributed by atoms with van der Waals surface area (Å²) >= 11 is 0. The van der Waals surface area contributed by atoms with E-state index >= 15 is 0 Å². The molecule has 0 heterocycles. The molecule has 1 fully saturated rings. The zero-order valence-corrected chi connectivity index (χ0v) is 9.23. The van der Waals surface area contributed by atoms with Gasteiger partial charge in [-0.2, -0.15) is 5.10 Å². The van der Waals surface area contributed by atoms with E-state index in [2.05, 4.69) is 10.5 Å². The van der Waals surface area contributed by atoms with Gasteiger partial charge in [0.1, 0.15) is 0 Å². The zero-order chi connectivity index (χ0) is 11.2. The van der Waals surface area contributed by atoms with Crippen LogP contribution in [0.4, 0.5) is 0 Å². The van der Waals surface area contributed by atoms with Crippen molar-refractivity contribution in [2.45, 2.75) is 25.7 Å². The van der Waals surface area contributed by atoms with Crippen molar-refractivity contribution in [2.24, 2.45) is 11.0 Å². The van der Waals surface area contributed by atoms with E-state index in [0.717, 1.165) is 0 Å². The van der Waals surface area contributed by atoms with E-state index in [-0.39, 0.29) is 5.91 Å². The SMILES string of the molecule is O=C(N/N=C/C1CCCC1)c1ccccc1. The molecule has 0 aromatic heterocycles. The van der Waals surface area contributed by atoms with Crippen LogP contribution in [-0.2, 0) is 0 Å². The minimum Gasteiger partial charge on any atom is -0.267 e. The molecule has 1 aromatic rings. The Hall–Kier alpha value is -1.64. The number of carbonyl (C=O) groups is 1. The summed E-state index contributed by atoms with van der Waals surface area (Å²) in [4.78, 5) is 11.6. The van der Waals surface area contributed by atoms with Crippen LogP contribution in [0.3, 0.4) is 0 Å². The molecule has 1 saturated carbocycles. The molecule has 0 saturated heterocycles. The Kier molecular flexibility index (Phi) is 3.70. The summed E-state index contributed by atoms with van der Waals surface area (Å²) in [5.41, 5.74) is 3.20. The summed E-state index contributed by atoms with van der Waals surface area (Å²) in [7, 11) is 0. The smallest absolute Gasteiger partial charge is 0.267 e. The van der Waals surface area contributed by atoms with Gasteiger partial charge in [-0.15, -0.1) is 0 Å². The number of amides is 1. The minimum atomic E-state index is -0.144. The summed E-state index contributed by atoms with van der Waals surface area (Å²) in [6.45, 7) is 0. The normalized spacial score (nSPS) is 16.8. The van der Waals surface area contributed by atoms with Gasteiger partial charge in [0, 0.05) is 11.8 Å². The van der Waals surface area contributed by atoms with E-state index in [1.807, 2.05) is 24.4 Å². The highest BCUT2D eigenvalue weighted by Gasteiger charge is 2.12. The lowest BCUT2D eigenvalue weighted by atomic mass is 10.1.